The van der Waals surface area contributed by atoms with Crippen LogP contribution in [0.25, 0.3) is 0 Å². The summed E-state index contributed by atoms with van der Waals surface area (Å²) < 4.78 is 13.4. The normalized spacial score (nSPS) is 18.2. The van der Waals surface area contributed by atoms with Crippen LogP contribution >= 0.6 is 0 Å². The van der Waals surface area contributed by atoms with E-state index in [1.807, 2.05) is 0 Å². The van der Waals surface area contributed by atoms with Crippen molar-refractivity contribution in [1.29, 1.82) is 0 Å². The Hall–Kier alpha value is -0.800. The van der Waals surface area contributed by atoms with Crippen LogP contribution in [0.4, 0.5) is 4.39 Å². The van der Waals surface area contributed by atoms with Crippen LogP contribution in [0, 0.1) is 5.92 Å². The maximum Gasteiger partial charge on any atom is 0.167 e. The number of halogens is 1. The lowest BCUT2D eigenvalue weighted by atomic mass is 10.1. The monoisotopic (exact) mass is 296 g/mol. The second-order valence-corrected chi connectivity index (χ2v) is 4.86. The average molecular weight is 296 g/mol. The van der Waals surface area contributed by atoms with Crippen LogP contribution in [0.15, 0.2) is 5.16 Å². The molecule has 7 nitrogen and oxygen atoms in total. The summed E-state index contributed by atoms with van der Waals surface area (Å²) in [7, 11) is 0. The summed E-state index contributed by atoms with van der Waals surface area (Å²) in [5.74, 6) is 0.517. The minimum Gasteiger partial charge on any atom is -0.395 e. The van der Waals surface area contributed by atoms with E-state index in [2.05, 4.69) is 24.3 Å². The molecule has 0 amide bonds. The zero-order valence-electron chi connectivity index (χ0n) is 11.8. The molecule has 0 aliphatic rings. The molecule has 0 radical (unpaired) electrons. The van der Waals surface area contributed by atoms with Crippen molar-refractivity contribution in [1.82, 2.24) is 5.32 Å². The van der Waals surface area contributed by atoms with Gasteiger partial charge in [0.15, 0.2) is 6.17 Å². The van der Waals surface area contributed by atoms with Crippen molar-refractivity contribution in [2.45, 2.75) is 38.3 Å². The third-order valence-corrected chi connectivity index (χ3v) is 2.46. The fourth-order valence-electron chi connectivity index (χ4n) is 1.27. The van der Waals surface area contributed by atoms with Gasteiger partial charge in [-0.05, 0) is 12.5 Å². The van der Waals surface area contributed by atoms with Gasteiger partial charge in [0.2, 0.25) is 0 Å². The summed E-state index contributed by atoms with van der Waals surface area (Å²) in [6.07, 6.45) is -6.61. The topological polar surface area (TPSA) is 115 Å². The molecule has 0 bridgehead atoms. The van der Waals surface area contributed by atoms with E-state index in [0.29, 0.717) is 18.7 Å². The van der Waals surface area contributed by atoms with Crippen LogP contribution in [-0.4, -0.2) is 77.4 Å². The quantitative estimate of drug-likeness (QED) is 0.183. The second kappa shape index (κ2) is 10.9. The van der Waals surface area contributed by atoms with Gasteiger partial charge in [0.25, 0.3) is 0 Å². The standard InChI is InChI=1S/C12H25FN2O5/c1-8(2)5-14-3-4-20-15-6-9(13)11(18)12(19)10(17)7-16/h6,8-12,14,16-19H,3-5,7H2,1-2H3/b15-6+/t9-,10?,11?,12?/m1/s1. The van der Waals surface area contributed by atoms with Gasteiger partial charge in [0.05, 0.1) is 12.8 Å². The van der Waals surface area contributed by atoms with Crippen LogP contribution in [0.1, 0.15) is 13.8 Å². The third-order valence-electron chi connectivity index (χ3n) is 2.46. The zero-order chi connectivity index (χ0) is 15.5. The lowest BCUT2D eigenvalue weighted by molar-refractivity contribution is -0.0891. The van der Waals surface area contributed by atoms with Gasteiger partial charge in [0, 0.05) is 6.54 Å². The molecule has 0 saturated carbocycles. The highest BCUT2D eigenvalue weighted by Crippen LogP contribution is 2.06. The van der Waals surface area contributed by atoms with Gasteiger partial charge in [-0.1, -0.05) is 19.0 Å². The van der Waals surface area contributed by atoms with E-state index >= 15 is 0 Å². The molecule has 120 valence electrons. The fourth-order valence-corrected chi connectivity index (χ4v) is 1.27. The highest BCUT2D eigenvalue weighted by molar-refractivity contribution is 5.63. The highest BCUT2D eigenvalue weighted by atomic mass is 19.1. The number of oxime groups is 1. The summed E-state index contributed by atoms with van der Waals surface area (Å²) in [4.78, 5) is 4.77. The Morgan fingerprint density at radius 1 is 1.25 bits per heavy atom. The SMILES string of the molecule is CC(C)CNCCO/N=C/[C@@H](F)C(O)C(O)C(O)CO. The van der Waals surface area contributed by atoms with Crippen molar-refractivity contribution in [2.75, 3.05) is 26.3 Å². The average Bonchev–Trinajstić information content (AvgIpc) is 2.43. The summed E-state index contributed by atoms with van der Waals surface area (Å²) in [5.41, 5.74) is 0. The molecular formula is C12H25FN2O5. The Morgan fingerprint density at radius 3 is 2.45 bits per heavy atom. The lowest BCUT2D eigenvalue weighted by Crippen LogP contribution is -2.44. The molecule has 4 atom stereocenters. The number of aliphatic hydroxyl groups excluding tert-OH is 4. The molecule has 0 aromatic heterocycles. The minimum atomic E-state index is -2.00. The number of nitrogens with one attached hydrogen (secondary N) is 1. The Bertz CT molecular complexity index is 268. The summed E-state index contributed by atoms with van der Waals surface area (Å²) in [5, 5.41) is 42.6. The van der Waals surface area contributed by atoms with Crippen molar-refractivity contribution in [3.8, 4) is 0 Å². The number of aliphatic hydroxyl groups is 4. The van der Waals surface area contributed by atoms with E-state index in [1.165, 1.54) is 0 Å². The minimum absolute atomic E-state index is 0.244. The molecule has 0 aliphatic carbocycles. The first-order valence-corrected chi connectivity index (χ1v) is 6.55. The molecule has 8 heteroatoms. The number of hydrogen-bond donors (Lipinski definition) is 5. The van der Waals surface area contributed by atoms with Crippen molar-refractivity contribution in [3.05, 3.63) is 0 Å². The second-order valence-electron chi connectivity index (χ2n) is 4.86. The van der Waals surface area contributed by atoms with E-state index in [-0.39, 0.29) is 6.61 Å². The first kappa shape index (κ1) is 19.2. The van der Waals surface area contributed by atoms with E-state index in [0.717, 1.165) is 6.54 Å². The summed E-state index contributed by atoms with van der Waals surface area (Å²) in [6.45, 7) is 4.98. The van der Waals surface area contributed by atoms with Gasteiger partial charge in [0.1, 0.15) is 24.9 Å². The number of hydrogen-bond acceptors (Lipinski definition) is 7. The van der Waals surface area contributed by atoms with Crippen molar-refractivity contribution < 1.29 is 29.7 Å². The summed E-state index contributed by atoms with van der Waals surface area (Å²) >= 11 is 0. The van der Waals surface area contributed by atoms with Crippen LogP contribution < -0.4 is 5.32 Å². The van der Waals surface area contributed by atoms with Crippen molar-refractivity contribution in [3.63, 3.8) is 0 Å². The molecule has 0 fully saturated rings. The predicted octanol–water partition coefficient (Wildman–Crippen LogP) is -1.35. The largest absolute Gasteiger partial charge is 0.395 e. The van der Waals surface area contributed by atoms with Gasteiger partial charge in [-0.3, -0.25) is 0 Å². The van der Waals surface area contributed by atoms with Crippen LogP contribution in [0.3, 0.4) is 0 Å². The molecule has 0 heterocycles. The zero-order valence-corrected chi connectivity index (χ0v) is 11.8. The van der Waals surface area contributed by atoms with Gasteiger partial charge in [-0.2, -0.15) is 0 Å². The first-order valence-electron chi connectivity index (χ1n) is 6.55. The highest BCUT2D eigenvalue weighted by Gasteiger charge is 2.30. The maximum atomic E-state index is 13.4. The lowest BCUT2D eigenvalue weighted by Gasteiger charge is -2.22. The Morgan fingerprint density at radius 2 is 1.90 bits per heavy atom. The molecule has 0 spiro atoms. The van der Waals surface area contributed by atoms with Crippen LogP contribution in [0.2, 0.25) is 0 Å². The fraction of sp³-hybridized carbons (Fsp3) is 0.917. The summed E-state index contributed by atoms with van der Waals surface area (Å²) in [6, 6.07) is 0. The van der Waals surface area contributed by atoms with E-state index in [9.17, 15) is 14.6 Å². The first-order chi connectivity index (χ1) is 9.40. The molecule has 3 unspecified atom stereocenters. The van der Waals surface area contributed by atoms with E-state index < -0.39 is 31.1 Å². The van der Waals surface area contributed by atoms with Crippen molar-refractivity contribution >= 4 is 6.21 Å². The molecule has 0 saturated heterocycles. The molecule has 0 aliphatic heterocycles. The molecular weight excluding hydrogens is 271 g/mol. The Balaban J connectivity index is 3.84. The number of rotatable bonds is 11. The smallest absolute Gasteiger partial charge is 0.167 e. The van der Waals surface area contributed by atoms with Crippen LogP contribution in [-0.2, 0) is 4.84 Å². The third kappa shape index (κ3) is 8.39. The Kier molecular flexibility index (Phi) is 10.5. The van der Waals surface area contributed by atoms with Gasteiger partial charge in [-0.25, -0.2) is 4.39 Å². The van der Waals surface area contributed by atoms with Crippen molar-refractivity contribution in [2.24, 2.45) is 11.1 Å². The number of alkyl halides is 1. The predicted molar refractivity (Wildman–Crippen MR) is 72.2 cm³/mol. The number of nitrogens with zero attached hydrogens (tertiary/aromatic N) is 1. The Labute approximate surface area is 118 Å². The van der Waals surface area contributed by atoms with Gasteiger partial charge >= 0.3 is 0 Å². The molecule has 0 aromatic carbocycles. The molecule has 0 rings (SSSR count). The van der Waals surface area contributed by atoms with E-state index in [4.69, 9.17) is 15.1 Å². The molecule has 20 heavy (non-hydrogen) atoms. The maximum absolute atomic E-state index is 13.4. The van der Waals surface area contributed by atoms with Crippen LogP contribution in [0.5, 0.6) is 0 Å². The van der Waals surface area contributed by atoms with Gasteiger partial charge in [-0.15, -0.1) is 0 Å². The molecule has 5 N–H and O–H groups in total. The molecule has 0 aromatic rings. The van der Waals surface area contributed by atoms with E-state index in [1.54, 1.807) is 0 Å². The van der Waals surface area contributed by atoms with Gasteiger partial charge < -0.3 is 30.6 Å².